The number of aliphatic carboxylic acids is 1. The summed E-state index contributed by atoms with van der Waals surface area (Å²) in [5.74, 6) is -0.302. The Balaban J connectivity index is 2.24. The van der Waals surface area contributed by atoms with E-state index in [-0.39, 0.29) is 6.61 Å². The van der Waals surface area contributed by atoms with Gasteiger partial charge in [0.1, 0.15) is 6.04 Å². The molecule has 0 bridgehead atoms. The average Bonchev–Trinajstić information content (AvgIpc) is 2.24. The Kier molecular flexibility index (Phi) is 5.73. The average molecular weight is 231 g/mol. The van der Waals surface area contributed by atoms with Gasteiger partial charge < -0.3 is 14.6 Å². The second kappa shape index (κ2) is 6.83. The quantitative estimate of drug-likeness (QED) is 0.672. The molecule has 1 rings (SSSR count). The van der Waals surface area contributed by atoms with Gasteiger partial charge in [0, 0.05) is 19.7 Å². The molecule has 0 spiro atoms. The minimum atomic E-state index is -0.816. The highest BCUT2D eigenvalue weighted by Gasteiger charge is 2.28. The highest BCUT2D eigenvalue weighted by molar-refractivity contribution is 5.73. The fraction of sp³-hybridized carbons (Fsp3) is 0.909. The van der Waals surface area contributed by atoms with Crippen molar-refractivity contribution in [1.82, 2.24) is 4.90 Å². The molecule has 5 nitrogen and oxygen atoms in total. The molecule has 0 aromatic carbocycles. The molecule has 1 N–H and O–H groups in total. The number of hydrogen-bond donors (Lipinski definition) is 1. The molecule has 1 aliphatic rings. The molecular formula is C11H21NO4. The highest BCUT2D eigenvalue weighted by Crippen LogP contribution is 2.06. The smallest absolute Gasteiger partial charge is 0.323 e. The van der Waals surface area contributed by atoms with Crippen LogP contribution in [0.15, 0.2) is 0 Å². The molecule has 0 saturated carbocycles. The van der Waals surface area contributed by atoms with Gasteiger partial charge in [-0.05, 0) is 5.92 Å². The summed E-state index contributed by atoms with van der Waals surface area (Å²) in [5.41, 5.74) is 0. The fourth-order valence-electron chi connectivity index (χ4n) is 1.63. The van der Waals surface area contributed by atoms with Crippen molar-refractivity contribution in [1.29, 1.82) is 0 Å². The van der Waals surface area contributed by atoms with Crippen LogP contribution in [-0.4, -0.2) is 61.5 Å². The number of ether oxygens (including phenoxy) is 2. The predicted molar refractivity (Wildman–Crippen MR) is 59.5 cm³/mol. The molecule has 0 aromatic rings. The van der Waals surface area contributed by atoms with Crippen molar-refractivity contribution in [2.75, 3.05) is 39.5 Å². The second-order valence-corrected chi connectivity index (χ2v) is 4.43. The summed E-state index contributed by atoms with van der Waals surface area (Å²) in [7, 11) is 0. The normalized spacial score (nSPS) is 22.6. The van der Waals surface area contributed by atoms with E-state index in [2.05, 4.69) is 13.8 Å². The van der Waals surface area contributed by atoms with E-state index in [9.17, 15) is 4.79 Å². The highest BCUT2D eigenvalue weighted by atomic mass is 16.5. The number of carboxylic acids is 1. The van der Waals surface area contributed by atoms with Crippen molar-refractivity contribution in [2.24, 2.45) is 5.92 Å². The Morgan fingerprint density at radius 1 is 1.62 bits per heavy atom. The molecule has 0 aromatic heterocycles. The molecule has 1 atom stereocenters. The molecule has 1 aliphatic heterocycles. The van der Waals surface area contributed by atoms with Crippen molar-refractivity contribution >= 4 is 5.97 Å². The summed E-state index contributed by atoms with van der Waals surface area (Å²) in [6, 6.07) is -0.517. The van der Waals surface area contributed by atoms with Crippen molar-refractivity contribution in [3.8, 4) is 0 Å². The van der Waals surface area contributed by atoms with Crippen LogP contribution in [0.3, 0.4) is 0 Å². The topological polar surface area (TPSA) is 59.0 Å². The van der Waals surface area contributed by atoms with Crippen molar-refractivity contribution < 1.29 is 19.4 Å². The Hall–Kier alpha value is -0.650. The van der Waals surface area contributed by atoms with Crippen LogP contribution in [0.1, 0.15) is 13.8 Å². The van der Waals surface area contributed by atoms with Gasteiger partial charge in [-0.25, -0.2) is 0 Å². The monoisotopic (exact) mass is 231 g/mol. The number of rotatable bonds is 6. The van der Waals surface area contributed by atoms with Crippen molar-refractivity contribution in [3.63, 3.8) is 0 Å². The number of carbonyl (C=O) groups is 1. The molecule has 0 aliphatic carbocycles. The van der Waals surface area contributed by atoms with Gasteiger partial charge in [-0.3, -0.25) is 9.69 Å². The summed E-state index contributed by atoms with van der Waals surface area (Å²) >= 11 is 0. The van der Waals surface area contributed by atoms with E-state index in [0.717, 1.165) is 6.61 Å². The van der Waals surface area contributed by atoms with E-state index in [0.29, 0.717) is 32.2 Å². The van der Waals surface area contributed by atoms with E-state index in [4.69, 9.17) is 14.6 Å². The first-order valence-electron chi connectivity index (χ1n) is 5.73. The van der Waals surface area contributed by atoms with Gasteiger partial charge in [-0.2, -0.15) is 0 Å². The predicted octanol–water partition coefficient (Wildman–Crippen LogP) is 0.444. The van der Waals surface area contributed by atoms with Gasteiger partial charge >= 0.3 is 5.97 Å². The minimum absolute atomic E-state index is 0.277. The zero-order valence-corrected chi connectivity index (χ0v) is 10.0. The largest absolute Gasteiger partial charge is 0.480 e. The molecule has 5 heteroatoms. The second-order valence-electron chi connectivity index (χ2n) is 4.43. The summed E-state index contributed by atoms with van der Waals surface area (Å²) in [6.45, 7) is 7.70. The van der Waals surface area contributed by atoms with Gasteiger partial charge in [-0.15, -0.1) is 0 Å². The Labute approximate surface area is 96.3 Å². The molecule has 1 unspecified atom stereocenters. The van der Waals surface area contributed by atoms with Crippen LogP contribution < -0.4 is 0 Å². The van der Waals surface area contributed by atoms with Gasteiger partial charge in [-0.1, -0.05) is 13.8 Å². The van der Waals surface area contributed by atoms with Crippen molar-refractivity contribution in [3.05, 3.63) is 0 Å². The molecule has 16 heavy (non-hydrogen) atoms. The summed E-state index contributed by atoms with van der Waals surface area (Å²) in [6.07, 6.45) is 0. The van der Waals surface area contributed by atoms with Crippen LogP contribution >= 0.6 is 0 Å². The van der Waals surface area contributed by atoms with E-state index in [1.807, 2.05) is 4.90 Å². The van der Waals surface area contributed by atoms with Crippen LogP contribution in [-0.2, 0) is 14.3 Å². The molecule has 0 radical (unpaired) electrons. The van der Waals surface area contributed by atoms with E-state index >= 15 is 0 Å². The van der Waals surface area contributed by atoms with E-state index < -0.39 is 12.0 Å². The maximum atomic E-state index is 10.9. The Morgan fingerprint density at radius 3 is 3.00 bits per heavy atom. The first-order valence-corrected chi connectivity index (χ1v) is 5.73. The molecule has 94 valence electrons. The number of hydrogen-bond acceptors (Lipinski definition) is 4. The number of carboxylic acid groups (broad SMARTS) is 1. The number of nitrogens with zero attached hydrogens (tertiary/aromatic N) is 1. The summed E-state index contributed by atoms with van der Waals surface area (Å²) in [4.78, 5) is 12.9. The van der Waals surface area contributed by atoms with Crippen LogP contribution in [0.2, 0.25) is 0 Å². The van der Waals surface area contributed by atoms with E-state index in [1.54, 1.807) is 0 Å². The standard InChI is InChI=1S/C11H21NO4/c1-9(2)7-15-5-3-12-4-6-16-8-10(12)11(13)14/h9-10H,3-8H2,1-2H3,(H,13,14). The van der Waals surface area contributed by atoms with Gasteiger partial charge in [0.15, 0.2) is 0 Å². The van der Waals surface area contributed by atoms with Gasteiger partial charge in [0.05, 0.1) is 19.8 Å². The molecule has 1 saturated heterocycles. The minimum Gasteiger partial charge on any atom is -0.480 e. The van der Waals surface area contributed by atoms with Gasteiger partial charge in [0.25, 0.3) is 0 Å². The summed E-state index contributed by atoms with van der Waals surface area (Å²) < 4.78 is 10.6. The first-order chi connectivity index (χ1) is 7.61. The third-order valence-corrected chi connectivity index (χ3v) is 2.50. The van der Waals surface area contributed by atoms with Crippen LogP contribution in [0.25, 0.3) is 0 Å². The molecule has 0 amide bonds. The number of morpholine rings is 1. The van der Waals surface area contributed by atoms with Crippen molar-refractivity contribution in [2.45, 2.75) is 19.9 Å². The zero-order valence-electron chi connectivity index (χ0n) is 10.0. The SMILES string of the molecule is CC(C)COCCN1CCOCC1C(=O)O. The lowest BCUT2D eigenvalue weighted by Crippen LogP contribution is -2.50. The lowest BCUT2D eigenvalue weighted by Gasteiger charge is -2.32. The third-order valence-electron chi connectivity index (χ3n) is 2.50. The van der Waals surface area contributed by atoms with Crippen LogP contribution in [0.4, 0.5) is 0 Å². The van der Waals surface area contributed by atoms with Gasteiger partial charge in [0.2, 0.25) is 0 Å². The lowest BCUT2D eigenvalue weighted by molar-refractivity contribution is -0.150. The van der Waals surface area contributed by atoms with E-state index in [1.165, 1.54) is 0 Å². The zero-order chi connectivity index (χ0) is 12.0. The Morgan fingerprint density at radius 2 is 2.38 bits per heavy atom. The molecule has 1 heterocycles. The maximum absolute atomic E-state index is 10.9. The molecule has 1 fully saturated rings. The molecular weight excluding hydrogens is 210 g/mol. The van der Waals surface area contributed by atoms with Crippen LogP contribution in [0, 0.1) is 5.92 Å². The maximum Gasteiger partial charge on any atom is 0.323 e. The fourth-order valence-corrected chi connectivity index (χ4v) is 1.63. The third kappa shape index (κ3) is 4.47. The van der Waals surface area contributed by atoms with Crippen LogP contribution in [0.5, 0.6) is 0 Å². The summed E-state index contributed by atoms with van der Waals surface area (Å²) in [5, 5.41) is 8.99. The Bertz CT molecular complexity index is 220. The lowest BCUT2D eigenvalue weighted by atomic mass is 10.2. The first kappa shape index (κ1) is 13.4.